The molecule has 1 amide bonds. The zero-order valence-corrected chi connectivity index (χ0v) is 14.0. The van der Waals surface area contributed by atoms with Crippen molar-refractivity contribution < 1.29 is 14.3 Å². The maximum absolute atomic E-state index is 11.9. The summed E-state index contributed by atoms with van der Waals surface area (Å²) in [7, 11) is 3.22. The van der Waals surface area contributed by atoms with E-state index in [9.17, 15) is 4.79 Å². The highest BCUT2D eigenvalue weighted by Crippen LogP contribution is 2.26. The van der Waals surface area contributed by atoms with Gasteiger partial charge in [-0.05, 0) is 25.5 Å². The highest BCUT2D eigenvalue weighted by atomic mass is 32.2. The number of benzene rings is 1. The van der Waals surface area contributed by atoms with Gasteiger partial charge in [0.15, 0.2) is 6.29 Å². The molecule has 0 spiro atoms. The van der Waals surface area contributed by atoms with Gasteiger partial charge in [-0.25, -0.2) is 0 Å². The van der Waals surface area contributed by atoms with Crippen LogP contribution in [0.1, 0.15) is 38.5 Å². The quantitative estimate of drug-likeness (QED) is 0.431. The van der Waals surface area contributed by atoms with E-state index in [-0.39, 0.29) is 17.4 Å². The summed E-state index contributed by atoms with van der Waals surface area (Å²) in [5.41, 5.74) is 0.962. The Morgan fingerprint density at radius 2 is 1.86 bits per heavy atom. The van der Waals surface area contributed by atoms with E-state index in [1.54, 1.807) is 26.0 Å². The predicted molar refractivity (Wildman–Crippen MR) is 86.4 cm³/mol. The number of rotatable bonds is 9. The summed E-state index contributed by atoms with van der Waals surface area (Å²) in [4.78, 5) is 13.0. The molecule has 0 aliphatic rings. The molecule has 1 N–H and O–H groups in total. The van der Waals surface area contributed by atoms with Gasteiger partial charge in [0.25, 0.3) is 0 Å². The lowest BCUT2D eigenvalue weighted by atomic mass is 10.2. The van der Waals surface area contributed by atoms with Crippen molar-refractivity contribution in [3.63, 3.8) is 0 Å². The molecule has 1 aromatic carbocycles. The van der Waals surface area contributed by atoms with Crippen LogP contribution >= 0.6 is 11.8 Å². The number of nitrogens with one attached hydrogen (secondary N) is 1. The van der Waals surface area contributed by atoms with Gasteiger partial charge in [-0.1, -0.05) is 25.5 Å². The fourth-order valence-corrected chi connectivity index (χ4v) is 2.75. The van der Waals surface area contributed by atoms with Crippen LogP contribution in [0.2, 0.25) is 0 Å². The molecule has 0 aliphatic carbocycles. The van der Waals surface area contributed by atoms with Crippen molar-refractivity contribution in [3.8, 4) is 0 Å². The molecule has 21 heavy (non-hydrogen) atoms. The lowest BCUT2D eigenvalue weighted by Gasteiger charge is -2.15. The fraction of sp³-hybridized carbons (Fsp3) is 0.562. The molecule has 0 radical (unpaired) electrons. The van der Waals surface area contributed by atoms with E-state index in [4.69, 9.17) is 9.47 Å². The predicted octanol–water partition coefficient (Wildman–Crippen LogP) is 3.37. The first-order chi connectivity index (χ1) is 10.1. The molecule has 4 nitrogen and oxygen atoms in total. The Labute approximate surface area is 131 Å². The van der Waals surface area contributed by atoms with Gasteiger partial charge in [0.2, 0.25) is 5.91 Å². The number of methoxy groups -OCH3 is 2. The van der Waals surface area contributed by atoms with Crippen molar-refractivity contribution in [1.82, 2.24) is 5.32 Å². The number of hydrogen-bond donors (Lipinski definition) is 1. The minimum absolute atomic E-state index is 0.0872. The van der Waals surface area contributed by atoms with Crippen LogP contribution < -0.4 is 5.32 Å². The van der Waals surface area contributed by atoms with E-state index < -0.39 is 0 Å². The molecular weight excluding hydrogens is 286 g/mol. The molecule has 1 aromatic rings. The average molecular weight is 311 g/mol. The molecule has 1 rings (SSSR count). The molecule has 0 fully saturated rings. The molecular formula is C16H25NO3S. The van der Waals surface area contributed by atoms with Gasteiger partial charge in [0, 0.05) is 31.2 Å². The van der Waals surface area contributed by atoms with Crippen molar-refractivity contribution in [3.05, 3.63) is 29.8 Å². The van der Waals surface area contributed by atoms with E-state index in [1.807, 2.05) is 31.2 Å². The monoisotopic (exact) mass is 311 g/mol. The number of carbonyl (C=O) groups is 1. The molecule has 1 atom stereocenters. The van der Waals surface area contributed by atoms with Gasteiger partial charge < -0.3 is 14.8 Å². The Kier molecular flexibility index (Phi) is 8.42. The molecule has 5 heteroatoms. The minimum atomic E-state index is -0.348. The smallest absolute Gasteiger partial charge is 0.233 e. The molecule has 0 saturated carbocycles. The van der Waals surface area contributed by atoms with Gasteiger partial charge in [0.1, 0.15) is 0 Å². The van der Waals surface area contributed by atoms with Gasteiger partial charge in [0.05, 0.1) is 5.25 Å². The number of amides is 1. The van der Waals surface area contributed by atoms with Crippen molar-refractivity contribution >= 4 is 17.7 Å². The van der Waals surface area contributed by atoms with Gasteiger partial charge in [-0.2, -0.15) is 0 Å². The Hall–Kier alpha value is -1.04. The van der Waals surface area contributed by atoms with Crippen LogP contribution in [0.25, 0.3) is 0 Å². The fourth-order valence-electron chi connectivity index (χ4n) is 1.86. The summed E-state index contributed by atoms with van der Waals surface area (Å²) in [6.07, 6.45) is 1.76. The summed E-state index contributed by atoms with van der Waals surface area (Å²) >= 11 is 1.55. The Balaban J connectivity index is 2.52. The molecule has 118 valence electrons. The zero-order chi connectivity index (χ0) is 15.7. The molecule has 0 aliphatic heterocycles. The van der Waals surface area contributed by atoms with E-state index in [0.717, 1.165) is 29.8 Å². The number of unbranched alkanes of at least 4 members (excludes halogenated alkanes) is 1. The van der Waals surface area contributed by atoms with Crippen LogP contribution in [-0.2, 0) is 14.3 Å². The lowest BCUT2D eigenvalue weighted by Crippen LogP contribution is -2.31. The summed E-state index contributed by atoms with van der Waals surface area (Å²) in [6.45, 7) is 4.79. The summed E-state index contributed by atoms with van der Waals surface area (Å²) in [5, 5.41) is 2.85. The second kappa shape index (κ2) is 9.82. The van der Waals surface area contributed by atoms with Crippen LogP contribution in [0.15, 0.2) is 29.2 Å². The average Bonchev–Trinajstić information content (AvgIpc) is 2.50. The van der Waals surface area contributed by atoms with E-state index in [0.29, 0.717) is 0 Å². The van der Waals surface area contributed by atoms with Crippen molar-refractivity contribution in [2.75, 3.05) is 20.8 Å². The third-order valence-electron chi connectivity index (χ3n) is 3.09. The normalized spacial score (nSPS) is 12.4. The topological polar surface area (TPSA) is 47.6 Å². The molecule has 1 unspecified atom stereocenters. The zero-order valence-electron chi connectivity index (χ0n) is 13.2. The van der Waals surface area contributed by atoms with Crippen molar-refractivity contribution in [2.24, 2.45) is 0 Å². The Morgan fingerprint density at radius 1 is 1.24 bits per heavy atom. The van der Waals surface area contributed by atoms with Crippen molar-refractivity contribution in [1.29, 1.82) is 0 Å². The number of ether oxygens (including phenoxy) is 2. The number of carbonyl (C=O) groups excluding carboxylic acids is 1. The van der Waals surface area contributed by atoms with Gasteiger partial charge in [-0.3, -0.25) is 4.79 Å². The summed E-state index contributed by atoms with van der Waals surface area (Å²) in [5.74, 6) is 0.0872. The summed E-state index contributed by atoms with van der Waals surface area (Å²) < 4.78 is 10.4. The highest BCUT2D eigenvalue weighted by Gasteiger charge is 2.14. The van der Waals surface area contributed by atoms with Crippen LogP contribution in [0.4, 0.5) is 0 Å². The third-order valence-corrected chi connectivity index (χ3v) is 4.20. The molecule has 0 aromatic heterocycles. The Morgan fingerprint density at radius 3 is 2.38 bits per heavy atom. The lowest BCUT2D eigenvalue weighted by molar-refractivity contribution is -0.120. The van der Waals surface area contributed by atoms with E-state index in [1.165, 1.54) is 0 Å². The van der Waals surface area contributed by atoms with Gasteiger partial charge >= 0.3 is 0 Å². The highest BCUT2D eigenvalue weighted by molar-refractivity contribution is 8.00. The SMILES string of the molecule is CCCCNC(=O)C(C)Sc1ccc(C(OC)OC)cc1. The van der Waals surface area contributed by atoms with Crippen molar-refractivity contribution in [2.45, 2.75) is 43.1 Å². The van der Waals surface area contributed by atoms with Crippen LogP contribution in [0.3, 0.4) is 0 Å². The maximum atomic E-state index is 11.9. The largest absolute Gasteiger partial charge is 0.355 e. The summed E-state index contributed by atoms with van der Waals surface area (Å²) in [6, 6.07) is 7.89. The van der Waals surface area contributed by atoms with Gasteiger partial charge in [-0.15, -0.1) is 11.8 Å². The van der Waals surface area contributed by atoms with Crippen LogP contribution in [-0.4, -0.2) is 31.9 Å². The molecule has 0 bridgehead atoms. The van der Waals surface area contributed by atoms with E-state index >= 15 is 0 Å². The maximum Gasteiger partial charge on any atom is 0.233 e. The third kappa shape index (κ3) is 6.08. The number of hydrogen-bond acceptors (Lipinski definition) is 4. The first-order valence-corrected chi connectivity index (χ1v) is 8.10. The Bertz CT molecular complexity index is 418. The first-order valence-electron chi connectivity index (χ1n) is 7.22. The van der Waals surface area contributed by atoms with Crippen LogP contribution in [0, 0.1) is 0 Å². The number of thioether (sulfide) groups is 1. The van der Waals surface area contributed by atoms with Crippen LogP contribution in [0.5, 0.6) is 0 Å². The second-order valence-corrected chi connectivity index (χ2v) is 6.19. The minimum Gasteiger partial charge on any atom is -0.355 e. The first kappa shape index (κ1) is 18.0. The van der Waals surface area contributed by atoms with E-state index in [2.05, 4.69) is 12.2 Å². The standard InChI is InChI=1S/C16H25NO3S/c1-5-6-11-17-15(18)12(2)21-14-9-7-13(8-10-14)16(19-3)20-4/h7-10,12,16H,5-6,11H2,1-4H3,(H,17,18). The molecule has 0 saturated heterocycles. The second-order valence-electron chi connectivity index (χ2n) is 4.78. The molecule has 0 heterocycles.